The molecule has 0 aromatic rings. The van der Waals surface area contributed by atoms with Crippen molar-refractivity contribution in [2.45, 2.75) is 193 Å². The van der Waals surface area contributed by atoms with Crippen molar-refractivity contribution >= 4 is 5.91 Å². The highest BCUT2D eigenvalue weighted by Crippen LogP contribution is 2.14. The van der Waals surface area contributed by atoms with Gasteiger partial charge in [-0.05, 0) is 32.2 Å². The molecule has 1 aliphatic rings. The Morgan fingerprint density at radius 2 is 1.10 bits per heavy atom. The maximum absolute atomic E-state index is 12.5. The van der Waals surface area contributed by atoms with E-state index in [4.69, 9.17) is 9.47 Å². The summed E-state index contributed by atoms with van der Waals surface area (Å²) in [6.07, 6.45) is 34.5. The van der Waals surface area contributed by atoms with Crippen molar-refractivity contribution in [3.63, 3.8) is 0 Å². The van der Waals surface area contributed by atoms with Gasteiger partial charge >= 0.3 is 0 Å². The highest BCUT2D eigenvalue weighted by Gasteiger charge is 2.22. The number of unbranched alkanes of at least 4 members (excludes halogenated alkanes) is 22. The maximum atomic E-state index is 12.5. The summed E-state index contributed by atoms with van der Waals surface area (Å²) in [6, 6.07) is -0.0334. The summed E-state index contributed by atoms with van der Waals surface area (Å²) in [5.74, 6) is 0.113. The molecule has 0 aromatic carbocycles. The fourth-order valence-electron chi connectivity index (χ4n) is 5.86. The Morgan fingerprint density at radius 3 is 1.54 bits per heavy atom. The van der Waals surface area contributed by atoms with E-state index in [1.54, 1.807) is 0 Å². The fraction of sp³-hybridized carbons (Fsp3) is 0.972. The smallest absolute Gasteiger partial charge is 0.237 e. The third kappa shape index (κ3) is 25.6. The summed E-state index contributed by atoms with van der Waals surface area (Å²) >= 11 is 0. The average Bonchev–Trinajstić information content (AvgIpc) is 3.53. The quantitative estimate of drug-likeness (QED) is 0.0778. The van der Waals surface area contributed by atoms with Crippen molar-refractivity contribution in [3.8, 4) is 0 Å². The Kier molecular flexibility index (Phi) is 28.8. The molecule has 1 amide bonds. The first-order valence-corrected chi connectivity index (χ1v) is 18.5. The lowest BCUT2D eigenvalue weighted by molar-refractivity contribution is -0.123. The van der Waals surface area contributed by atoms with Crippen LogP contribution in [0, 0.1) is 0 Å². The first kappa shape index (κ1) is 38.4. The van der Waals surface area contributed by atoms with Crippen LogP contribution in [0.4, 0.5) is 0 Å². The van der Waals surface area contributed by atoms with Crippen LogP contribution in [0.1, 0.15) is 181 Å². The van der Waals surface area contributed by atoms with Gasteiger partial charge in [-0.3, -0.25) is 4.79 Å². The van der Waals surface area contributed by atoms with Gasteiger partial charge in [0.05, 0.1) is 18.8 Å². The minimum Gasteiger partial charge on any atom is -0.379 e. The van der Waals surface area contributed by atoms with Crippen molar-refractivity contribution in [2.75, 3.05) is 32.9 Å². The van der Waals surface area contributed by atoms with Crippen LogP contribution in [-0.4, -0.2) is 51.0 Å². The highest BCUT2D eigenvalue weighted by atomic mass is 16.5. The molecule has 5 heteroatoms. The van der Waals surface area contributed by atoms with Gasteiger partial charge in [0.25, 0.3) is 0 Å². The molecule has 1 fully saturated rings. The van der Waals surface area contributed by atoms with E-state index in [-0.39, 0.29) is 18.1 Å². The van der Waals surface area contributed by atoms with Crippen LogP contribution in [0.3, 0.4) is 0 Å². The molecule has 1 unspecified atom stereocenters. The third-order valence-electron chi connectivity index (χ3n) is 8.68. The molecular formula is C36H72N2O3. The van der Waals surface area contributed by atoms with Gasteiger partial charge in [0.1, 0.15) is 0 Å². The molecule has 244 valence electrons. The highest BCUT2D eigenvalue weighted by molar-refractivity contribution is 5.82. The van der Waals surface area contributed by atoms with Crippen LogP contribution in [-0.2, 0) is 14.3 Å². The number of ether oxygens (including phenoxy) is 2. The Morgan fingerprint density at radius 1 is 0.659 bits per heavy atom. The number of amides is 1. The zero-order valence-corrected chi connectivity index (χ0v) is 27.8. The van der Waals surface area contributed by atoms with Gasteiger partial charge in [-0.2, -0.15) is 0 Å². The van der Waals surface area contributed by atoms with E-state index in [2.05, 4.69) is 24.5 Å². The van der Waals surface area contributed by atoms with Crippen LogP contribution in [0.5, 0.6) is 0 Å². The summed E-state index contributed by atoms with van der Waals surface area (Å²) in [5, 5.41) is 6.40. The normalized spacial score (nSPS) is 15.9. The summed E-state index contributed by atoms with van der Waals surface area (Å²) in [7, 11) is 0. The van der Waals surface area contributed by atoms with Crippen molar-refractivity contribution in [2.24, 2.45) is 0 Å². The number of carbonyl (C=O) groups excluding carboxylic acids is 1. The Bertz CT molecular complexity index is 539. The SMILES string of the molecule is CCCCCCCCCCCCCCOCC(CNC(=O)[C@H]1CCCN1)OCCCCCCCCCCCCCC. The third-order valence-corrected chi connectivity index (χ3v) is 8.68. The molecule has 2 atom stereocenters. The predicted molar refractivity (Wildman–Crippen MR) is 177 cm³/mol. The van der Waals surface area contributed by atoms with Crippen molar-refractivity contribution in [1.29, 1.82) is 0 Å². The van der Waals surface area contributed by atoms with Crippen LogP contribution >= 0.6 is 0 Å². The lowest BCUT2D eigenvalue weighted by Gasteiger charge is -2.20. The number of hydrogen-bond acceptors (Lipinski definition) is 4. The molecule has 0 bridgehead atoms. The van der Waals surface area contributed by atoms with E-state index >= 15 is 0 Å². The molecule has 0 saturated carbocycles. The second-order valence-electron chi connectivity index (χ2n) is 12.7. The van der Waals surface area contributed by atoms with Crippen LogP contribution < -0.4 is 10.6 Å². The molecule has 0 aliphatic carbocycles. The standard InChI is InChI=1S/C36H72N2O3/c1-3-5-7-9-11-13-15-17-19-21-23-25-30-40-33-34(32-38-36(39)35-28-27-29-37-35)41-31-26-24-22-20-18-16-14-12-10-8-6-4-2/h34-35,37H,3-33H2,1-2H3,(H,38,39)/t34?,35-/m1/s1. The number of nitrogens with one attached hydrogen (secondary N) is 2. The molecule has 1 heterocycles. The van der Waals surface area contributed by atoms with E-state index in [1.807, 2.05) is 0 Å². The maximum Gasteiger partial charge on any atom is 0.237 e. The number of carbonyl (C=O) groups is 1. The predicted octanol–water partition coefficient (Wildman–Crippen LogP) is 9.66. The molecule has 0 radical (unpaired) electrons. The van der Waals surface area contributed by atoms with Gasteiger partial charge in [-0.25, -0.2) is 0 Å². The summed E-state index contributed by atoms with van der Waals surface area (Å²) in [5.41, 5.74) is 0. The molecule has 41 heavy (non-hydrogen) atoms. The molecule has 5 nitrogen and oxygen atoms in total. The second kappa shape index (κ2) is 30.8. The first-order chi connectivity index (χ1) is 20.3. The van der Waals surface area contributed by atoms with E-state index in [0.717, 1.165) is 45.4 Å². The molecule has 1 rings (SSSR count). The topological polar surface area (TPSA) is 59.6 Å². The van der Waals surface area contributed by atoms with Gasteiger partial charge in [-0.15, -0.1) is 0 Å². The largest absolute Gasteiger partial charge is 0.379 e. The van der Waals surface area contributed by atoms with Crippen molar-refractivity contribution < 1.29 is 14.3 Å². The van der Waals surface area contributed by atoms with Crippen LogP contribution in [0.2, 0.25) is 0 Å². The van der Waals surface area contributed by atoms with E-state index in [0.29, 0.717) is 13.2 Å². The summed E-state index contributed by atoms with van der Waals surface area (Å²) in [6.45, 7) is 8.21. The van der Waals surface area contributed by atoms with E-state index in [9.17, 15) is 4.79 Å². The molecule has 2 N–H and O–H groups in total. The van der Waals surface area contributed by atoms with Gasteiger partial charge in [0.2, 0.25) is 5.91 Å². The van der Waals surface area contributed by atoms with Gasteiger partial charge in [0, 0.05) is 19.8 Å². The molecule has 0 aromatic heterocycles. The molecule has 1 aliphatic heterocycles. The van der Waals surface area contributed by atoms with Crippen molar-refractivity contribution in [1.82, 2.24) is 10.6 Å². The van der Waals surface area contributed by atoms with Crippen LogP contribution in [0.15, 0.2) is 0 Å². The average molecular weight is 581 g/mol. The zero-order chi connectivity index (χ0) is 29.5. The van der Waals surface area contributed by atoms with Gasteiger partial charge < -0.3 is 20.1 Å². The molecule has 0 spiro atoms. The Labute approximate surface area is 256 Å². The fourth-order valence-corrected chi connectivity index (χ4v) is 5.86. The molecular weight excluding hydrogens is 508 g/mol. The number of rotatable bonds is 32. The van der Waals surface area contributed by atoms with Crippen molar-refractivity contribution in [3.05, 3.63) is 0 Å². The Hall–Kier alpha value is -0.650. The molecule has 1 saturated heterocycles. The summed E-state index contributed by atoms with van der Waals surface area (Å²) < 4.78 is 12.2. The Balaban J connectivity index is 2.06. The van der Waals surface area contributed by atoms with Gasteiger partial charge in [-0.1, -0.05) is 155 Å². The minimum atomic E-state index is -0.0506. The second-order valence-corrected chi connectivity index (χ2v) is 12.7. The summed E-state index contributed by atoms with van der Waals surface area (Å²) in [4.78, 5) is 12.5. The minimum absolute atomic E-state index is 0.0334. The first-order valence-electron chi connectivity index (χ1n) is 18.5. The zero-order valence-electron chi connectivity index (χ0n) is 27.8. The van der Waals surface area contributed by atoms with Crippen LogP contribution in [0.25, 0.3) is 0 Å². The van der Waals surface area contributed by atoms with E-state index in [1.165, 1.54) is 141 Å². The monoisotopic (exact) mass is 581 g/mol. The van der Waals surface area contributed by atoms with Gasteiger partial charge in [0.15, 0.2) is 0 Å². The van der Waals surface area contributed by atoms with E-state index < -0.39 is 0 Å². The number of hydrogen-bond donors (Lipinski definition) is 2. The lowest BCUT2D eigenvalue weighted by atomic mass is 10.1. The lowest BCUT2D eigenvalue weighted by Crippen LogP contribution is -2.44.